The Morgan fingerprint density at radius 1 is 0.758 bits per heavy atom. The van der Waals surface area contributed by atoms with E-state index in [2.05, 4.69) is 45.8 Å². The van der Waals surface area contributed by atoms with Gasteiger partial charge in [0.2, 0.25) is 0 Å². The van der Waals surface area contributed by atoms with Crippen LogP contribution in [0.25, 0.3) is 20.4 Å². The average molecular weight is 944 g/mol. The molecule has 25 heteroatoms. The fourth-order valence-electron chi connectivity index (χ4n) is 5.69. The molecular weight excluding hydrogens is 907 g/mol. The summed E-state index contributed by atoms with van der Waals surface area (Å²) in [7, 11) is 0. The summed E-state index contributed by atoms with van der Waals surface area (Å²) >= 11 is 19.4. The zero-order valence-electron chi connectivity index (χ0n) is 31.8. The van der Waals surface area contributed by atoms with Crippen LogP contribution in [0.5, 0.6) is 0 Å². The third-order valence-corrected chi connectivity index (χ3v) is 11.9. The number of benzene rings is 2. The Morgan fingerprint density at radius 3 is 1.69 bits per heavy atom. The van der Waals surface area contributed by atoms with Crippen LogP contribution in [0, 0.1) is 13.8 Å². The topological polar surface area (TPSA) is 294 Å². The van der Waals surface area contributed by atoms with Crippen molar-refractivity contribution in [1.82, 2.24) is 59.9 Å². The molecular formula is C37H37Cl3N14O6S2. The number of nitrogens with zero attached hydrogens (tertiary/aromatic N) is 11. The van der Waals surface area contributed by atoms with E-state index in [4.69, 9.17) is 46.3 Å². The molecule has 8 rings (SSSR count). The number of hydrogen-bond donors (Lipinski definition) is 5. The number of aromatic nitrogens is 12. The van der Waals surface area contributed by atoms with E-state index in [-0.39, 0.29) is 49.9 Å². The standard InChI is InChI=1S/C18H16ClN7O3S.C10H10Cl2N4O.C8H7N3O2S.CH4/c1-9-14-17(30-15(9)16(20)28)21-8-25(18(14)29)7-13-22-24-26(23-13)6-12(27)10-2-4-11(19)5-3-10;11-5-10-13-15-16(14-10)6-9(17)7-1-3-8(12)4-2-7;1-3-4-7(13)10-2-11-8(4)14-5(3)6(9)12;/h2-5,8,12,27H,6-7H2,1H3,(H2,20,28);1-4,9,17H,5-6H2;2H,1H3,(H2,9,12)(H,10,11,13);1H4/t12-;9-;;/m00../s1. The molecule has 62 heavy (non-hydrogen) atoms. The Kier molecular flexibility index (Phi) is 15.7. The van der Waals surface area contributed by atoms with E-state index < -0.39 is 24.0 Å². The summed E-state index contributed by atoms with van der Waals surface area (Å²) in [5, 5.41) is 45.8. The molecule has 2 amide bonds. The van der Waals surface area contributed by atoms with Gasteiger partial charge in [0, 0.05) is 10.0 Å². The summed E-state index contributed by atoms with van der Waals surface area (Å²) in [5.74, 6) is -0.188. The summed E-state index contributed by atoms with van der Waals surface area (Å²) in [6, 6.07) is 13.8. The number of primary amides is 2. The monoisotopic (exact) mass is 942 g/mol. The molecule has 0 unspecified atom stereocenters. The van der Waals surface area contributed by atoms with Crippen molar-refractivity contribution in [1.29, 1.82) is 0 Å². The molecule has 0 aliphatic rings. The molecule has 0 spiro atoms. The fraction of sp³-hybridized carbons (Fsp3) is 0.243. The van der Waals surface area contributed by atoms with Crippen LogP contribution in [0.1, 0.15) is 72.9 Å². The normalized spacial score (nSPS) is 11.9. The van der Waals surface area contributed by atoms with Gasteiger partial charge in [0.1, 0.15) is 21.9 Å². The van der Waals surface area contributed by atoms with Gasteiger partial charge >= 0.3 is 0 Å². The number of tetrazole rings is 2. The molecule has 6 heterocycles. The van der Waals surface area contributed by atoms with E-state index in [0.717, 1.165) is 28.2 Å². The highest BCUT2D eigenvalue weighted by molar-refractivity contribution is 7.21. The van der Waals surface area contributed by atoms with E-state index in [1.54, 1.807) is 62.4 Å². The van der Waals surface area contributed by atoms with Crippen molar-refractivity contribution in [3.05, 3.63) is 136 Å². The second-order valence-electron chi connectivity index (χ2n) is 12.9. The maximum Gasteiger partial charge on any atom is 0.262 e. The van der Waals surface area contributed by atoms with Crippen molar-refractivity contribution in [2.45, 2.75) is 59.0 Å². The van der Waals surface area contributed by atoms with Crippen molar-refractivity contribution < 1.29 is 19.8 Å². The quantitative estimate of drug-likeness (QED) is 0.114. The summed E-state index contributed by atoms with van der Waals surface area (Å²) < 4.78 is 1.34. The molecule has 0 aliphatic carbocycles. The Balaban J connectivity index is 0.000000192. The van der Waals surface area contributed by atoms with Crippen molar-refractivity contribution in [2.24, 2.45) is 11.5 Å². The van der Waals surface area contributed by atoms with E-state index in [0.29, 0.717) is 62.7 Å². The molecule has 0 fully saturated rings. The summed E-state index contributed by atoms with van der Waals surface area (Å²) in [6.45, 7) is 3.72. The highest BCUT2D eigenvalue weighted by Gasteiger charge is 2.19. The third-order valence-electron chi connectivity index (χ3n) is 8.70. The molecule has 0 bridgehead atoms. The zero-order valence-corrected chi connectivity index (χ0v) is 35.7. The Labute approximate surface area is 373 Å². The largest absolute Gasteiger partial charge is 0.386 e. The first-order valence-electron chi connectivity index (χ1n) is 17.6. The molecule has 0 saturated heterocycles. The number of aliphatic hydroxyl groups excluding tert-OH is 2. The van der Waals surface area contributed by atoms with Crippen LogP contribution >= 0.6 is 57.5 Å². The van der Waals surface area contributed by atoms with Gasteiger partial charge in [-0.15, -0.1) is 54.7 Å². The number of thiophene rings is 2. The van der Waals surface area contributed by atoms with Gasteiger partial charge in [0.15, 0.2) is 11.6 Å². The fourth-order valence-corrected chi connectivity index (χ4v) is 8.04. The minimum atomic E-state index is -0.842. The lowest BCUT2D eigenvalue weighted by Gasteiger charge is -2.09. The molecule has 0 radical (unpaired) electrons. The van der Waals surface area contributed by atoms with Gasteiger partial charge in [-0.2, -0.15) is 9.59 Å². The van der Waals surface area contributed by atoms with Crippen molar-refractivity contribution in [3.8, 4) is 0 Å². The number of nitrogens with one attached hydrogen (secondary N) is 1. The summed E-state index contributed by atoms with van der Waals surface area (Å²) in [6.07, 6.45) is 1.13. The van der Waals surface area contributed by atoms with E-state index >= 15 is 0 Å². The van der Waals surface area contributed by atoms with Crippen LogP contribution in [0.15, 0.2) is 70.8 Å². The van der Waals surface area contributed by atoms with Crippen molar-refractivity contribution in [3.63, 3.8) is 0 Å². The van der Waals surface area contributed by atoms with Gasteiger partial charge in [-0.25, -0.2) is 9.97 Å². The molecule has 8 aromatic rings. The van der Waals surface area contributed by atoms with Crippen LogP contribution in [0.2, 0.25) is 10.0 Å². The maximum atomic E-state index is 12.8. The van der Waals surface area contributed by atoms with Crippen molar-refractivity contribution >= 4 is 89.7 Å². The van der Waals surface area contributed by atoms with Crippen molar-refractivity contribution in [2.75, 3.05) is 0 Å². The first-order valence-corrected chi connectivity index (χ1v) is 20.6. The Morgan fingerprint density at radius 2 is 1.23 bits per heavy atom. The number of H-pyrrole nitrogens is 1. The Hall–Kier alpha value is -6.01. The molecule has 2 aromatic carbocycles. The predicted molar refractivity (Wildman–Crippen MR) is 234 cm³/mol. The van der Waals surface area contributed by atoms with Gasteiger partial charge in [-0.05, 0) is 70.8 Å². The number of aryl methyl sites for hydroxylation is 2. The average Bonchev–Trinajstić information content (AvgIpc) is 4.03. The third kappa shape index (κ3) is 11.1. The lowest BCUT2D eigenvalue weighted by atomic mass is 10.1. The van der Waals surface area contributed by atoms with Crippen LogP contribution in [-0.4, -0.2) is 82.0 Å². The number of amides is 2. The van der Waals surface area contributed by atoms with E-state index in [1.165, 1.54) is 26.8 Å². The number of nitrogens with two attached hydrogens (primary N) is 2. The number of hydrogen-bond acceptors (Lipinski definition) is 16. The molecule has 0 aliphatic heterocycles. The second-order valence-corrected chi connectivity index (χ2v) is 16.0. The SMILES string of the molecule is C.Cc1c(C(N)=O)sc2nc[nH]c(=O)c12.Cc1c(C(N)=O)sc2ncn(Cc3nnn(C[C@H](O)c4ccc(Cl)cc4)n3)c(=O)c12.O[C@@H](Cn1nnc(CCl)n1)c1ccc(Cl)cc1. The number of aliphatic hydroxyl groups is 2. The minimum Gasteiger partial charge on any atom is -0.386 e. The molecule has 2 atom stereocenters. The smallest absolute Gasteiger partial charge is 0.262 e. The number of halogens is 3. The lowest BCUT2D eigenvalue weighted by Crippen LogP contribution is -2.22. The highest BCUT2D eigenvalue weighted by atomic mass is 35.5. The van der Waals surface area contributed by atoms with Crippen LogP contribution < -0.4 is 22.6 Å². The molecule has 0 saturated carbocycles. The van der Waals surface area contributed by atoms with Gasteiger partial charge in [-0.1, -0.05) is 54.9 Å². The van der Waals surface area contributed by atoms with E-state index in [1.807, 2.05) is 0 Å². The van der Waals surface area contributed by atoms with Crippen LogP contribution in [0.3, 0.4) is 0 Å². The molecule has 20 nitrogen and oxygen atoms in total. The molecule has 324 valence electrons. The number of carbonyl (C=O) groups is 2. The maximum absolute atomic E-state index is 12.8. The number of fused-ring (bicyclic) bond motifs is 2. The highest BCUT2D eigenvalue weighted by Crippen LogP contribution is 2.27. The number of carbonyl (C=O) groups excluding carboxylic acids is 2. The summed E-state index contributed by atoms with van der Waals surface area (Å²) in [5.41, 5.74) is 12.5. The first-order chi connectivity index (χ1) is 29.1. The molecule has 6 aromatic heterocycles. The number of rotatable bonds is 11. The second kappa shape index (κ2) is 20.7. The van der Waals surface area contributed by atoms with Gasteiger partial charge in [0.05, 0.1) is 58.7 Å². The summed E-state index contributed by atoms with van der Waals surface area (Å²) in [4.78, 5) is 61.7. The number of aromatic amines is 1. The van der Waals surface area contributed by atoms with Gasteiger partial charge < -0.3 is 26.7 Å². The number of alkyl halides is 1. The zero-order chi connectivity index (χ0) is 44.0. The first kappa shape index (κ1) is 47.0. The Bertz CT molecular complexity index is 2950. The van der Waals surface area contributed by atoms with Gasteiger partial charge in [0.25, 0.3) is 22.9 Å². The van der Waals surface area contributed by atoms with Crippen LogP contribution in [-0.2, 0) is 25.5 Å². The predicted octanol–water partition coefficient (Wildman–Crippen LogP) is 4.11. The van der Waals surface area contributed by atoms with E-state index in [9.17, 15) is 29.4 Å². The lowest BCUT2D eigenvalue weighted by molar-refractivity contribution is 0.0995. The molecule has 7 N–H and O–H groups in total. The minimum absolute atomic E-state index is 0. The van der Waals surface area contributed by atoms with Crippen LogP contribution in [0.4, 0.5) is 0 Å². The van der Waals surface area contributed by atoms with Gasteiger partial charge in [-0.3, -0.25) is 23.7 Å².